The van der Waals surface area contributed by atoms with Gasteiger partial charge < -0.3 is 23.4 Å². The van der Waals surface area contributed by atoms with Crippen LogP contribution in [-0.2, 0) is 23.9 Å². The minimum absolute atomic E-state index is 0.0257. The van der Waals surface area contributed by atoms with Crippen molar-refractivity contribution in [3.05, 3.63) is 132 Å². The summed E-state index contributed by atoms with van der Waals surface area (Å²) in [5, 5.41) is 10.9. The van der Waals surface area contributed by atoms with E-state index in [-0.39, 0.29) is 18.8 Å². The molecule has 0 spiro atoms. The molecule has 35 heavy (non-hydrogen) atoms. The van der Waals surface area contributed by atoms with Crippen LogP contribution in [0.4, 0.5) is 0 Å². The fourth-order valence-electron chi connectivity index (χ4n) is 4.45. The van der Waals surface area contributed by atoms with E-state index >= 15 is 0 Å². The lowest BCUT2D eigenvalue weighted by atomic mass is 9.80. The van der Waals surface area contributed by atoms with Gasteiger partial charge in [0.15, 0.2) is 0 Å². The predicted molar refractivity (Wildman–Crippen MR) is 137 cm³/mol. The molecule has 3 aromatic carbocycles. The zero-order chi connectivity index (χ0) is 23.9. The average Bonchev–Trinajstić information content (AvgIpc) is 3.09. The van der Waals surface area contributed by atoms with Crippen molar-refractivity contribution in [2.24, 2.45) is 0 Å². The third kappa shape index (κ3) is 5.62. The van der Waals surface area contributed by atoms with Crippen LogP contribution in [0.2, 0.25) is 0 Å². The molecule has 0 aliphatic carbocycles. The van der Waals surface area contributed by atoms with Gasteiger partial charge in [-0.25, -0.2) is 0 Å². The summed E-state index contributed by atoms with van der Waals surface area (Å²) in [5.41, 5.74) is 2.12. The van der Waals surface area contributed by atoms with E-state index in [1.165, 1.54) is 0 Å². The SMILES string of the molecule is OC(/C=C/C1C[C@@H]2C=CCOP(O1)O2)COC(c1ccccc1)(c1ccccc1)c1ccccc1. The Morgan fingerprint density at radius 3 is 2.03 bits per heavy atom. The second-order valence-corrected chi connectivity index (χ2v) is 9.64. The summed E-state index contributed by atoms with van der Waals surface area (Å²) in [5.74, 6) is 0. The average molecular weight is 489 g/mol. The van der Waals surface area contributed by atoms with E-state index in [1.54, 1.807) is 6.08 Å². The zero-order valence-corrected chi connectivity index (χ0v) is 20.2. The molecular formula is C29H29O5P. The Labute approximate surface area is 207 Å². The van der Waals surface area contributed by atoms with Crippen molar-refractivity contribution in [1.82, 2.24) is 0 Å². The first-order valence-electron chi connectivity index (χ1n) is 11.8. The smallest absolute Gasteiger partial charge is 0.334 e. The highest BCUT2D eigenvalue weighted by Gasteiger charge is 2.38. The highest BCUT2D eigenvalue weighted by atomic mass is 31.2. The van der Waals surface area contributed by atoms with Crippen molar-refractivity contribution < 1.29 is 23.4 Å². The number of hydrogen-bond acceptors (Lipinski definition) is 5. The van der Waals surface area contributed by atoms with Crippen LogP contribution in [0.3, 0.4) is 0 Å². The molecule has 2 bridgehead atoms. The Kier molecular flexibility index (Phi) is 7.85. The van der Waals surface area contributed by atoms with Gasteiger partial charge in [0.25, 0.3) is 0 Å². The summed E-state index contributed by atoms with van der Waals surface area (Å²) in [6, 6.07) is 30.4. The lowest BCUT2D eigenvalue weighted by Gasteiger charge is -2.36. The van der Waals surface area contributed by atoms with Crippen molar-refractivity contribution in [2.75, 3.05) is 13.2 Å². The fourth-order valence-corrected chi connectivity index (χ4v) is 5.58. The molecule has 0 saturated carbocycles. The highest BCUT2D eigenvalue weighted by Crippen LogP contribution is 2.49. The maximum Gasteiger partial charge on any atom is 0.334 e. The fraction of sp³-hybridized carbons (Fsp3) is 0.241. The van der Waals surface area contributed by atoms with Crippen molar-refractivity contribution in [2.45, 2.75) is 30.3 Å². The van der Waals surface area contributed by atoms with E-state index < -0.39 is 20.3 Å². The van der Waals surface area contributed by atoms with Crippen LogP contribution in [0.25, 0.3) is 0 Å². The minimum Gasteiger partial charge on any atom is -0.387 e. The van der Waals surface area contributed by atoms with Gasteiger partial charge in [-0.05, 0) is 16.7 Å². The first-order chi connectivity index (χ1) is 17.2. The van der Waals surface area contributed by atoms with E-state index in [2.05, 4.69) is 36.4 Å². The summed E-state index contributed by atoms with van der Waals surface area (Å²) in [6.45, 7) is 0.600. The molecule has 1 fully saturated rings. The van der Waals surface area contributed by atoms with Gasteiger partial charge in [0.2, 0.25) is 0 Å². The lowest BCUT2D eigenvalue weighted by molar-refractivity contribution is -0.0252. The topological polar surface area (TPSA) is 57.2 Å². The third-order valence-corrected chi connectivity index (χ3v) is 7.34. The molecule has 180 valence electrons. The summed E-state index contributed by atoms with van der Waals surface area (Å²) in [6.07, 6.45) is 7.26. The molecule has 1 saturated heterocycles. The van der Waals surface area contributed by atoms with Crippen LogP contribution in [0, 0.1) is 0 Å². The van der Waals surface area contributed by atoms with Gasteiger partial charge in [0, 0.05) is 6.42 Å². The summed E-state index contributed by atoms with van der Waals surface area (Å²) in [4.78, 5) is 0. The molecule has 3 aromatic rings. The van der Waals surface area contributed by atoms with E-state index in [9.17, 15) is 5.11 Å². The Balaban J connectivity index is 1.39. The number of aliphatic hydroxyl groups excluding tert-OH is 1. The van der Waals surface area contributed by atoms with Crippen molar-refractivity contribution >= 4 is 8.60 Å². The van der Waals surface area contributed by atoms with Gasteiger partial charge in [-0.1, -0.05) is 115 Å². The Hall–Kier alpha value is -2.63. The third-order valence-electron chi connectivity index (χ3n) is 6.09. The first-order valence-corrected chi connectivity index (χ1v) is 12.9. The first kappa shape index (κ1) is 24.1. The summed E-state index contributed by atoms with van der Waals surface area (Å²) < 4.78 is 23.9. The van der Waals surface area contributed by atoms with Crippen LogP contribution in [0.1, 0.15) is 23.1 Å². The van der Waals surface area contributed by atoms with Crippen molar-refractivity contribution in [1.29, 1.82) is 0 Å². The van der Waals surface area contributed by atoms with Gasteiger partial charge in [0.1, 0.15) is 5.60 Å². The van der Waals surface area contributed by atoms with Crippen LogP contribution in [-0.4, -0.2) is 36.6 Å². The molecule has 5 nitrogen and oxygen atoms in total. The molecule has 4 atom stereocenters. The summed E-state index contributed by atoms with van der Waals surface area (Å²) in [7, 11) is -1.36. The van der Waals surface area contributed by atoms with Crippen LogP contribution in [0.15, 0.2) is 115 Å². The van der Waals surface area contributed by atoms with E-state index in [0.717, 1.165) is 16.7 Å². The Morgan fingerprint density at radius 1 is 0.886 bits per heavy atom. The molecule has 2 aliphatic rings. The van der Waals surface area contributed by atoms with Crippen molar-refractivity contribution in [3.63, 3.8) is 0 Å². The van der Waals surface area contributed by atoms with Gasteiger partial charge >= 0.3 is 8.60 Å². The minimum atomic E-state index is -1.36. The largest absolute Gasteiger partial charge is 0.387 e. The lowest BCUT2D eigenvalue weighted by Crippen LogP contribution is -2.35. The molecule has 2 aliphatic heterocycles. The Morgan fingerprint density at radius 2 is 1.46 bits per heavy atom. The number of aliphatic hydroxyl groups is 1. The second-order valence-electron chi connectivity index (χ2n) is 8.51. The van der Waals surface area contributed by atoms with Gasteiger partial charge in [-0.2, -0.15) is 0 Å². The molecule has 3 unspecified atom stereocenters. The van der Waals surface area contributed by atoms with Gasteiger partial charge in [-0.15, -0.1) is 0 Å². The standard InChI is InChI=1S/C29H29O5P/c30-26(18-19-28-21-27-17-10-20-32-35(33-27)34-28)22-31-29(23-11-4-1-5-12-23,24-13-6-2-7-14-24)25-15-8-3-9-16-25/h1-19,26-28,30H,20-22H2/b19-18+/t26?,27-,28?,35?/m0/s1. The molecule has 5 rings (SSSR count). The number of rotatable bonds is 8. The molecule has 0 amide bonds. The molecule has 0 radical (unpaired) electrons. The second kappa shape index (κ2) is 11.4. The highest BCUT2D eigenvalue weighted by molar-refractivity contribution is 7.41. The Bertz CT molecular complexity index is 1020. The molecular weight excluding hydrogens is 459 g/mol. The maximum atomic E-state index is 10.9. The molecule has 0 aromatic heterocycles. The maximum absolute atomic E-state index is 10.9. The van der Waals surface area contributed by atoms with Crippen LogP contribution >= 0.6 is 8.60 Å². The molecule has 6 heteroatoms. The van der Waals surface area contributed by atoms with E-state index in [1.807, 2.05) is 72.8 Å². The van der Waals surface area contributed by atoms with Crippen LogP contribution in [0.5, 0.6) is 0 Å². The number of ether oxygens (including phenoxy) is 1. The number of benzene rings is 3. The summed E-state index contributed by atoms with van der Waals surface area (Å²) >= 11 is 0. The zero-order valence-electron chi connectivity index (χ0n) is 19.4. The number of fused-ring (bicyclic) bond motifs is 2. The quantitative estimate of drug-likeness (QED) is 0.243. The van der Waals surface area contributed by atoms with E-state index in [4.69, 9.17) is 18.3 Å². The van der Waals surface area contributed by atoms with Crippen molar-refractivity contribution in [3.8, 4) is 0 Å². The predicted octanol–water partition coefficient (Wildman–Crippen LogP) is 5.90. The normalized spacial score (nSPS) is 23.2. The number of hydrogen-bond donors (Lipinski definition) is 1. The monoisotopic (exact) mass is 488 g/mol. The van der Waals surface area contributed by atoms with E-state index in [0.29, 0.717) is 13.0 Å². The van der Waals surface area contributed by atoms with Gasteiger partial charge in [-0.3, -0.25) is 0 Å². The van der Waals surface area contributed by atoms with Crippen LogP contribution < -0.4 is 0 Å². The molecule has 2 heterocycles. The molecule has 1 N–H and O–H groups in total. The van der Waals surface area contributed by atoms with Gasteiger partial charge in [0.05, 0.1) is 31.5 Å².